The first kappa shape index (κ1) is 49.5. The molecular formula is C45H58F2N5O9PS3. The first-order chi connectivity index (χ1) is 30.5. The number of ether oxygens (including phenoxy) is 1. The van der Waals surface area contributed by atoms with Gasteiger partial charge in [0.15, 0.2) is 15.8 Å². The number of methoxy groups -OCH3 is 1. The van der Waals surface area contributed by atoms with Gasteiger partial charge in [0.2, 0.25) is 11.8 Å². The number of aromatic nitrogens is 2. The molecular weight excluding hydrogens is 920 g/mol. The highest BCUT2D eigenvalue weighted by Crippen LogP contribution is 2.67. The van der Waals surface area contributed by atoms with Crippen LogP contribution in [0.3, 0.4) is 0 Å². The highest BCUT2D eigenvalue weighted by molar-refractivity contribution is 8.14. The number of amides is 3. The fraction of sp³-hybridized carbons (Fsp3) is 0.600. The second-order valence-corrected chi connectivity index (χ2v) is 24.6. The number of likely N-dealkylation sites (tertiary alicyclic amines) is 1. The van der Waals surface area contributed by atoms with E-state index in [4.69, 9.17) is 13.8 Å². The van der Waals surface area contributed by atoms with Gasteiger partial charge in [-0.25, -0.2) is 4.98 Å². The van der Waals surface area contributed by atoms with E-state index in [1.807, 2.05) is 23.9 Å². The third-order valence-electron chi connectivity index (χ3n) is 12.5. The third kappa shape index (κ3) is 10.1. The van der Waals surface area contributed by atoms with E-state index >= 15 is 8.78 Å². The number of carbonyl (C=O) groups excluding carboxylic acids is 5. The molecule has 1 aromatic carbocycles. The van der Waals surface area contributed by atoms with Crippen molar-refractivity contribution in [1.29, 1.82) is 0 Å². The molecule has 0 spiro atoms. The number of thiophene rings is 1. The van der Waals surface area contributed by atoms with Crippen molar-refractivity contribution in [3.8, 4) is 0 Å². The molecule has 1 aliphatic carbocycles. The smallest absolute Gasteiger partial charge is 0.367 e. The number of thioether (sulfide) groups is 2. The molecule has 20 heteroatoms. The second-order valence-electron chi connectivity index (χ2n) is 19.3. The SMILES string of the molecule is COC1(c2nccn2C)CN(C(=O)[C@@H]2CC[C@@H]3C[C@@H]4C=C[C@@H]4C[C@H](NC(=O)c4cc5cc(C(F)(F)P(=O)(OCCSC(=O)C(C)(C)C)OCCSC(=O)C(C)(C)C)ccc5s4)C(=O)N32)C1. The van der Waals surface area contributed by atoms with Gasteiger partial charge in [-0.05, 0) is 61.1 Å². The predicted molar refractivity (Wildman–Crippen MR) is 248 cm³/mol. The normalized spacial score (nSPS) is 23.3. The minimum atomic E-state index is -5.27. The molecule has 3 aromatic rings. The number of benzene rings is 1. The predicted octanol–water partition coefficient (Wildman–Crippen LogP) is 7.96. The topological polar surface area (TPSA) is 166 Å². The van der Waals surface area contributed by atoms with Gasteiger partial charge in [0, 0.05) is 65.2 Å². The van der Waals surface area contributed by atoms with Crippen LogP contribution in [0, 0.1) is 22.7 Å². The Labute approximate surface area is 390 Å². The molecule has 65 heavy (non-hydrogen) atoms. The number of fused-ring (bicyclic) bond motifs is 3. The van der Waals surface area contributed by atoms with Crippen molar-refractivity contribution in [3.63, 3.8) is 0 Å². The third-order valence-corrected chi connectivity index (χ3v) is 18.1. The van der Waals surface area contributed by atoms with Crippen molar-refractivity contribution in [2.24, 2.45) is 29.7 Å². The number of halogens is 2. The van der Waals surface area contributed by atoms with Crippen LogP contribution >= 0.6 is 42.5 Å². The van der Waals surface area contributed by atoms with Crippen molar-refractivity contribution in [2.75, 3.05) is 44.9 Å². The summed E-state index contributed by atoms with van der Waals surface area (Å²) in [6.07, 6.45) is 9.89. The van der Waals surface area contributed by atoms with E-state index in [1.165, 1.54) is 12.1 Å². The molecule has 1 N–H and O–H groups in total. The van der Waals surface area contributed by atoms with Crippen LogP contribution in [0.5, 0.6) is 0 Å². The number of nitrogens with zero attached hydrogens (tertiary/aromatic N) is 4. The molecule has 5 heterocycles. The number of allylic oxidation sites excluding steroid dienone is 2. The van der Waals surface area contributed by atoms with Crippen LogP contribution in [0.15, 0.2) is 48.8 Å². The zero-order valence-electron chi connectivity index (χ0n) is 38.0. The van der Waals surface area contributed by atoms with Gasteiger partial charge in [-0.3, -0.25) is 28.5 Å². The van der Waals surface area contributed by atoms with Crippen molar-refractivity contribution in [3.05, 3.63) is 65.1 Å². The molecule has 3 fully saturated rings. The van der Waals surface area contributed by atoms with E-state index in [-0.39, 0.29) is 61.7 Å². The second kappa shape index (κ2) is 18.9. The van der Waals surface area contributed by atoms with Gasteiger partial charge in [0.25, 0.3) is 5.91 Å². The van der Waals surface area contributed by atoms with Gasteiger partial charge in [0.05, 0.1) is 31.2 Å². The monoisotopic (exact) mass is 977 g/mol. The lowest BCUT2D eigenvalue weighted by molar-refractivity contribution is -0.173. The first-order valence-electron chi connectivity index (χ1n) is 21.8. The lowest BCUT2D eigenvalue weighted by Gasteiger charge is -2.50. The van der Waals surface area contributed by atoms with Crippen LogP contribution in [0.2, 0.25) is 0 Å². The summed E-state index contributed by atoms with van der Waals surface area (Å²) in [7, 11) is -1.80. The number of alkyl halides is 2. The van der Waals surface area contributed by atoms with E-state index in [9.17, 15) is 28.5 Å². The van der Waals surface area contributed by atoms with Crippen LogP contribution in [0.1, 0.15) is 88.3 Å². The molecule has 0 bridgehead atoms. The van der Waals surface area contributed by atoms with Crippen molar-refractivity contribution < 1.29 is 51.1 Å². The summed E-state index contributed by atoms with van der Waals surface area (Å²) >= 11 is 2.81. The molecule has 3 amide bonds. The zero-order chi connectivity index (χ0) is 47.3. The lowest BCUT2D eigenvalue weighted by Crippen LogP contribution is -2.66. The molecule has 0 saturated carbocycles. The number of carbonyl (C=O) groups is 5. The summed E-state index contributed by atoms with van der Waals surface area (Å²) in [5, 5.41) is 2.83. The molecule has 5 atom stereocenters. The molecule has 0 radical (unpaired) electrons. The maximum Gasteiger partial charge on any atom is 0.404 e. The van der Waals surface area contributed by atoms with Gasteiger partial charge in [0.1, 0.15) is 17.9 Å². The fourth-order valence-corrected chi connectivity index (χ4v) is 12.9. The van der Waals surface area contributed by atoms with Crippen LogP contribution in [0.4, 0.5) is 8.78 Å². The highest BCUT2D eigenvalue weighted by atomic mass is 32.2. The Morgan fingerprint density at radius 2 is 1.55 bits per heavy atom. The van der Waals surface area contributed by atoms with Crippen molar-refractivity contribution in [2.45, 2.75) is 96.6 Å². The molecule has 4 aliphatic rings. The first-order valence-corrected chi connectivity index (χ1v) is 26.1. The minimum absolute atomic E-state index is 0.0462. The van der Waals surface area contributed by atoms with Gasteiger partial charge >= 0.3 is 13.3 Å². The van der Waals surface area contributed by atoms with Gasteiger partial charge < -0.3 is 33.5 Å². The van der Waals surface area contributed by atoms with E-state index in [1.54, 1.807) is 64.6 Å². The zero-order valence-corrected chi connectivity index (χ0v) is 41.3. The summed E-state index contributed by atoms with van der Waals surface area (Å²) in [6, 6.07) is 3.26. The Kier molecular flexibility index (Phi) is 14.4. The van der Waals surface area contributed by atoms with Crippen LogP contribution in [-0.4, -0.2) is 110 Å². The van der Waals surface area contributed by atoms with E-state index in [0.29, 0.717) is 42.9 Å². The van der Waals surface area contributed by atoms with E-state index in [0.717, 1.165) is 53.4 Å². The Balaban J connectivity index is 1.06. The number of rotatable bonds is 15. The van der Waals surface area contributed by atoms with Gasteiger partial charge in [-0.15, -0.1) is 11.3 Å². The number of imidazole rings is 1. The molecule has 0 unspecified atom stereocenters. The highest BCUT2D eigenvalue weighted by Gasteiger charge is 2.56. The summed E-state index contributed by atoms with van der Waals surface area (Å²) in [5.41, 5.74) is -6.97. The Morgan fingerprint density at radius 1 is 0.938 bits per heavy atom. The average Bonchev–Trinajstić information content (AvgIpc) is 3.97. The van der Waals surface area contributed by atoms with Gasteiger partial charge in [-0.2, -0.15) is 8.78 Å². The molecule has 14 nitrogen and oxygen atoms in total. The number of aryl methyl sites for hydroxylation is 1. The standard InChI is InChI=1S/C45H58F2N5O9PS3/c1-42(2,3)40(56)63-19-17-60-62(58,61-18-20-64-41(57)43(4,5)6)45(46,47)30-11-14-34-29(21-30)24-35(65-34)36(53)49-32-23-28-10-9-27(28)22-31-12-13-33(52(31)37(32)54)38(55)51-25-44(26-51,59-8)39-48-15-16-50(39)7/h9-11,14-16,21,24,27-28,31-33H,12-13,17-20,22-23,25-26H2,1-8H3,(H,49,53)/t27-,28+,31+,32-,33-/m0/s1. The Morgan fingerprint density at radius 3 is 2.11 bits per heavy atom. The van der Waals surface area contributed by atoms with Crippen LogP contribution in [-0.2, 0) is 55.8 Å². The number of nitrogens with one attached hydrogen (secondary N) is 1. The van der Waals surface area contributed by atoms with Crippen molar-refractivity contribution in [1.82, 2.24) is 24.7 Å². The lowest BCUT2D eigenvalue weighted by atomic mass is 9.73. The van der Waals surface area contributed by atoms with Gasteiger partial charge in [-0.1, -0.05) is 83.3 Å². The number of hydrogen-bond acceptors (Lipinski definition) is 13. The summed E-state index contributed by atoms with van der Waals surface area (Å²) in [4.78, 5) is 75.7. The largest absolute Gasteiger partial charge is 0.404 e. The molecule has 7 rings (SSSR count). The summed E-state index contributed by atoms with van der Waals surface area (Å²) in [5.74, 6) is -0.188. The Hall–Kier alpha value is -3.45. The quantitative estimate of drug-likeness (QED) is 0.0889. The van der Waals surface area contributed by atoms with E-state index in [2.05, 4.69) is 16.4 Å². The van der Waals surface area contributed by atoms with Crippen LogP contribution in [0.25, 0.3) is 10.1 Å². The average molecular weight is 978 g/mol. The summed E-state index contributed by atoms with van der Waals surface area (Å²) in [6.45, 7) is 9.99. The van der Waals surface area contributed by atoms with Crippen molar-refractivity contribution >= 4 is 80.5 Å². The molecule has 3 saturated heterocycles. The maximum absolute atomic E-state index is 16.5. The Bertz CT molecular complexity index is 2370. The van der Waals surface area contributed by atoms with Crippen LogP contribution < -0.4 is 5.32 Å². The van der Waals surface area contributed by atoms with E-state index < -0.39 is 66.5 Å². The number of hydrogen-bond donors (Lipinski definition) is 1. The summed E-state index contributed by atoms with van der Waals surface area (Å²) < 4.78 is 66.1. The molecule has 3 aliphatic heterocycles. The minimum Gasteiger partial charge on any atom is -0.367 e. The maximum atomic E-state index is 16.5. The molecule has 2 aromatic heterocycles. The fourth-order valence-electron chi connectivity index (χ4n) is 8.66. The molecule has 354 valence electrons.